The summed E-state index contributed by atoms with van der Waals surface area (Å²) in [6.45, 7) is 10.3. The lowest BCUT2D eigenvalue weighted by Crippen LogP contribution is -2.50. The van der Waals surface area contributed by atoms with Crippen LogP contribution in [0.15, 0.2) is 24.5 Å². The third kappa shape index (κ3) is 4.75. The molecular formula is C15H26N2O. The van der Waals surface area contributed by atoms with E-state index in [9.17, 15) is 0 Å². The minimum Gasteiger partial charge on any atom is -0.374 e. The van der Waals surface area contributed by atoms with Crippen molar-refractivity contribution in [3.05, 3.63) is 30.1 Å². The molecule has 0 saturated heterocycles. The molecular weight excluding hydrogens is 224 g/mol. The van der Waals surface area contributed by atoms with E-state index in [-0.39, 0.29) is 5.60 Å². The third-order valence-corrected chi connectivity index (χ3v) is 3.16. The molecule has 0 radical (unpaired) electrons. The number of nitrogens with one attached hydrogen (secondary N) is 1. The van der Waals surface area contributed by atoms with Crippen LogP contribution in [0, 0.1) is 0 Å². The average molecular weight is 250 g/mol. The van der Waals surface area contributed by atoms with E-state index in [1.165, 1.54) is 5.56 Å². The first kappa shape index (κ1) is 15.1. The molecule has 3 nitrogen and oxygen atoms in total. The van der Waals surface area contributed by atoms with Gasteiger partial charge in [-0.05, 0) is 51.8 Å². The Morgan fingerprint density at radius 1 is 1.39 bits per heavy atom. The number of hydrogen-bond acceptors (Lipinski definition) is 3. The second kappa shape index (κ2) is 7.49. The molecule has 0 aliphatic heterocycles. The molecule has 0 fully saturated rings. The molecule has 0 amide bonds. The van der Waals surface area contributed by atoms with Gasteiger partial charge in [-0.1, -0.05) is 13.0 Å². The topological polar surface area (TPSA) is 34.2 Å². The molecule has 3 heteroatoms. The zero-order valence-corrected chi connectivity index (χ0v) is 12.1. The Labute approximate surface area is 111 Å². The van der Waals surface area contributed by atoms with Crippen molar-refractivity contribution >= 4 is 0 Å². The van der Waals surface area contributed by atoms with E-state index in [0.29, 0.717) is 6.04 Å². The van der Waals surface area contributed by atoms with Gasteiger partial charge in [0.25, 0.3) is 0 Å². The van der Waals surface area contributed by atoms with Crippen LogP contribution < -0.4 is 5.32 Å². The molecule has 1 unspecified atom stereocenters. The van der Waals surface area contributed by atoms with Crippen molar-refractivity contribution in [2.75, 3.05) is 13.2 Å². The number of nitrogens with zero attached hydrogens (tertiary/aromatic N) is 1. The number of ether oxygens (including phenoxy) is 1. The van der Waals surface area contributed by atoms with Crippen LogP contribution in [0.2, 0.25) is 0 Å². The Bertz CT molecular complexity index is 325. The number of pyridine rings is 1. The van der Waals surface area contributed by atoms with E-state index < -0.39 is 0 Å². The summed E-state index contributed by atoms with van der Waals surface area (Å²) >= 11 is 0. The van der Waals surface area contributed by atoms with Gasteiger partial charge in [0.05, 0.1) is 5.60 Å². The first-order valence-electron chi connectivity index (χ1n) is 6.86. The Hall–Kier alpha value is -0.930. The number of hydrogen-bond donors (Lipinski definition) is 1. The minimum absolute atomic E-state index is 0.167. The zero-order valence-electron chi connectivity index (χ0n) is 12.1. The van der Waals surface area contributed by atoms with Gasteiger partial charge >= 0.3 is 0 Å². The standard InChI is InChI=1S/C15H26N2O/c1-5-9-17-14(15(3,4)18-6-2)11-13-8-7-10-16-12-13/h7-8,10,12,14,17H,5-6,9,11H2,1-4H3. The summed E-state index contributed by atoms with van der Waals surface area (Å²) in [6, 6.07) is 4.41. The van der Waals surface area contributed by atoms with Crippen molar-refractivity contribution in [1.29, 1.82) is 0 Å². The molecule has 18 heavy (non-hydrogen) atoms. The molecule has 1 N–H and O–H groups in total. The smallest absolute Gasteiger partial charge is 0.0781 e. The Balaban J connectivity index is 2.71. The van der Waals surface area contributed by atoms with Gasteiger partial charge in [0, 0.05) is 25.0 Å². The van der Waals surface area contributed by atoms with Gasteiger partial charge in [-0.25, -0.2) is 0 Å². The third-order valence-electron chi connectivity index (χ3n) is 3.16. The summed E-state index contributed by atoms with van der Waals surface area (Å²) in [6.07, 6.45) is 5.82. The fourth-order valence-electron chi connectivity index (χ4n) is 2.11. The van der Waals surface area contributed by atoms with Gasteiger partial charge in [-0.2, -0.15) is 0 Å². The van der Waals surface area contributed by atoms with Crippen molar-refractivity contribution in [2.24, 2.45) is 0 Å². The van der Waals surface area contributed by atoms with Crippen LogP contribution in [0.1, 0.15) is 39.7 Å². The summed E-state index contributed by atoms with van der Waals surface area (Å²) in [5.41, 5.74) is 1.08. The molecule has 0 aromatic carbocycles. The maximum absolute atomic E-state index is 5.88. The quantitative estimate of drug-likeness (QED) is 0.770. The van der Waals surface area contributed by atoms with Gasteiger partial charge < -0.3 is 10.1 Å². The molecule has 0 spiro atoms. The average Bonchev–Trinajstić information content (AvgIpc) is 2.35. The highest BCUT2D eigenvalue weighted by Gasteiger charge is 2.29. The van der Waals surface area contributed by atoms with E-state index in [4.69, 9.17) is 4.74 Å². The highest BCUT2D eigenvalue weighted by atomic mass is 16.5. The lowest BCUT2D eigenvalue weighted by molar-refractivity contribution is -0.0380. The highest BCUT2D eigenvalue weighted by molar-refractivity contribution is 5.11. The van der Waals surface area contributed by atoms with Crippen LogP contribution in [0.4, 0.5) is 0 Å². The van der Waals surface area contributed by atoms with Crippen molar-refractivity contribution in [2.45, 2.75) is 52.2 Å². The van der Waals surface area contributed by atoms with Crippen molar-refractivity contribution in [1.82, 2.24) is 10.3 Å². The van der Waals surface area contributed by atoms with Gasteiger partial charge in [0.15, 0.2) is 0 Å². The number of rotatable bonds is 8. The summed E-state index contributed by atoms with van der Waals surface area (Å²) < 4.78 is 5.88. The van der Waals surface area contributed by atoms with E-state index in [0.717, 1.165) is 26.0 Å². The second-order valence-electron chi connectivity index (χ2n) is 5.11. The summed E-state index contributed by atoms with van der Waals surface area (Å²) in [5, 5.41) is 3.59. The zero-order chi connectivity index (χ0) is 13.4. The summed E-state index contributed by atoms with van der Waals surface area (Å²) in [4.78, 5) is 4.18. The van der Waals surface area contributed by atoms with Crippen molar-refractivity contribution in [3.8, 4) is 0 Å². The Morgan fingerprint density at radius 3 is 2.72 bits per heavy atom. The Kier molecular flexibility index (Phi) is 6.30. The molecule has 1 atom stereocenters. The molecule has 1 rings (SSSR count). The van der Waals surface area contributed by atoms with Gasteiger partial charge in [0.2, 0.25) is 0 Å². The molecule has 0 saturated carbocycles. The monoisotopic (exact) mass is 250 g/mol. The van der Waals surface area contributed by atoms with Crippen LogP contribution in [-0.2, 0) is 11.2 Å². The molecule has 102 valence electrons. The SMILES string of the molecule is CCCNC(Cc1cccnc1)C(C)(C)OCC. The van der Waals surface area contributed by atoms with E-state index in [1.54, 1.807) is 0 Å². The predicted molar refractivity (Wildman–Crippen MR) is 75.7 cm³/mol. The molecule has 1 heterocycles. The highest BCUT2D eigenvalue weighted by Crippen LogP contribution is 2.18. The van der Waals surface area contributed by atoms with Gasteiger partial charge in [-0.15, -0.1) is 0 Å². The van der Waals surface area contributed by atoms with Crippen LogP contribution in [-0.4, -0.2) is 29.8 Å². The molecule has 1 aromatic rings. The van der Waals surface area contributed by atoms with E-state index in [2.05, 4.69) is 37.1 Å². The van der Waals surface area contributed by atoms with Gasteiger partial charge in [0.1, 0.15) is 0 Å². The maximum atomic E-state index is 5.88. The fourth-order valence-corrected chi connectivity index (χ4v) is 2.11. The van der Waals surface area contributed by atoms with Crippen LogP contribution in [0.3, 0.4) is 0 Å². The predicted octanol–water partition coefficient (Wildman–Crippen LogP) is 2.81. The fraction of sp³-hybridized carbons (Fsp3) is 0.667. The van der Waals surface area contributed by atoms with Gasteiger partial charge in [-0.3, -0.25) is 4.98 Å². The second-order valence-corrected chi connectivity index (χ2v) is 5.11. The summed E-state index contributed by atoms with van der Waals surface area (Å²) in [7, 11) is 0. The lowest BCUT2D eigenvalue weighted by Gasteiger charge is -2.35. The Morgan fingerprint density at radius 2 is 2.17 bits per heavy atom. The van der Waals surface area contributed by atoms with Crippen LogP contribution in [0.5, 0.6) is 0 Å². The normalized spacial score (nSPS) is 13.6. The molecule has 0 aliphatic carbocycles. The first-order chi connectivity index (χ1) is 8.60. The maximum Gasteiger partial charge on any atom is 0.0781 e. The molecule has 0 aliphatic rings. The lowest BCUT2D eigenvalue weighted by atomic mass is 9.92. The summed E-state index contributed by atoms with van der Waals surface area (Å²) in [5.74, 6) is 0. The van der Waals surface area contributed by atoms with Crippen molar-refractivity contribution in [3.63, 3.8) is 0 Å². The van der Waals surface area contributed by atoms with Crippen LogP contribution in [0.25, 0.3) is 0 Å². The van der Waals surface area contributed by atoms with E-state index >= 15 is 0 Å². The van der Waals surface area contributed by atoms with Crippen molar-refractivity contribution < 1.29 is 4.74 Å². The molecule has 0 bridgehead atoms. The number of aromatic nitrogens is 1. The largest absolute Gasteiger partial charge is 0.374 e. The van der Waals surface area contributed by atoms with Crippen LogP contribution >= 0.6 is 0 Å². The molecule has 1 aromatic heterocycles. The minimum atomic E-state index is -0.167. The van der Waals surface area contributed by atoms with E-state index in [1.807, 2.05) is 25.4 Å². The first-order valence-corrected chi connectivity index (χ1v) is 6.86.